The van der Waals surface area contributed by atoms with E-state index in [0.29, 0.717) is 16.3 Å². The highest BCUT2D eigenvalue weighted by atomic mass is 35.5. The van der Waals surface area contributed by atoms with Crippen LogP contribution in [0.3, 0.4) is 0 Å². The lowest BCUT2D eigenvalue weighted by atomic mass is 10.1. The molecule has 2 aromatic carbocycles. The predicted octanol–water partition coefficient (Wildman–Crippen LogP) is 4.08. The first-order valence-corrected chi connectivity index (χ1v) is 8.03. The van der Waals surface area contributed by atoms with Crippen LogP contribution in [0.5, 0.6) is 5.75 Å². The summed E-state index contributed by atoms with van der Waals surface area (Å²) in [5.41, 5.74) is 2.47. The van der Waals surface area contributed by atoms with E-state index in [9.17, 15) is 9.59 Å². The van der Waals surface area contributed by atoms with Gasteiger partial charge in [0.25, 0.3) is 5.91 Å². The van der Waals surface area contributed by atoms with Crippen molar-refractivity contribution in [1.29, 1.82) is 0 Å². The molecule has 0 saturated carbocycles. The molecule has 0 aliphatic heterocycles. The number of anilines is 1. The zero-order chi connectivity index (χ0) is 18.0. The van der Waals surface area contributed by atoms with Gasteiger partial charge in [0.1, 0.15) is 11.3 Å². The average molecular weight is 358 g/mol. The van der Waals surface area contributed by atoms with E-state index in [-0.39, 0.29) is 18.3 Å². The van der Waals surface area contributed by atoms with Crippen LogP contribution in [0.15, 0.2) is 51.7 Å². The van der Waals surface area contributed by atoms with Crippen LogP contribution in [0, 0.1) is 13.8 Å². The molecule has 6 heteroatoms. The monoisotopic (exact) mass is 357 g/mol. The lowest BCUT2D eigenvalue weighted by molar-refractivity contribution is -0.118. The standard InChI is InChI=1S/C19H16ClNO4/c1-11-3-5-13(6-4-11)21-18(22)10-24-17-9-16-14(8-15(17)20)12(2)7-19(23)25-16/h3-9H,10H2,1-2H3,(H,21,22). The summed E-state index contributed by atoms with van der Waals surface area (Å²) in [5.74, 6) is -0.0346. The number of carbonyl (C=O) groups is 1. The molecule has 0 aliphatic rings. The molecule has 0 aliphatic carbocycles. The van der Waals surface area contributed by atoms with Crippen LogP contribution in [0.1, 0.15) is 11.1 Å². The molecular formula is C19H16ClNO4. The zero-order valence-electron chi connectivity index (χ0n) is 13.8. The maximum Gasteiger partial charge on any atom is 0.336 e. The Morgan fingerprint density at radius 2 is 1.88 bits per heavy atom. The van der Waals surface area contributed by atoms with Gasteiger partial charge < -0.3 is 14.5 Å². The maximum atomic E-state index is 12.0. The number of carbonyl (C=O) groups excluding carboxylic acids is 1. The minimum atomic E-state index is -0.449. The summed E-state index contributed by atoms with van der Waals surface area (Å²) in [4.78, 5) is 23.5. The van der Waals surface area contributed by atoms with Gasteiger partial charge in [-0.2, -0.15) is 0 Å². The van der Waals surface area contributed by atoms with Crippen molar-refractivity contribution in [2.24, 2.45) is 0 Å². The number of halogens is 1. The van der Waals surface area contributed by atoms with Crippen LogP contribution in [-0.4, -0.2) is 12.5 Å². The first kappa shape index (κ1) is 17.0. The Morgan fingerprint density at radius 3 is 2.60 bits per heavy atom. The number of hydrogen-bond donors (Lipinski definition) is 1. The van der Waals surface area contributed by atoms with E-state index in [1.165, 1.54) is 12.1 Å². The van der Waals surface area contributed by atoms with Crippen LogP contribution in [-0.2, 0) is 4.79 Å². The minimum absolute atomic E-state index is 0.213. The molecule has 3 rings (SSSR count). The number of rotatable bonds is 4. The third-order valence-electron chi connectivity index (χ3n) is 3.70. The Hall–Kier alpha value is -2.79. The highest BCUT2D eigenvalue weighted by molar-refractivity contribution is 6.32. The van der Waals surface area contributed by atoms with E-state index in [1.54, 1.807) is 13.0 Å². The van der Waals surface area contributed by atoms with Crippen molar-refractivity contribution in [3.63, 3.8) is 0 Å². The molecule has 0 atom stereocenters. The normalized spacial score (nSPS) is 10.7. The first-order valence-electron chi connectivity index (χ1n) is 7.66. The Morgan fingerprint density at radius 1 is 1.16 bits per heavy atom. The summed E-state index contributed by atoms with van der Waals surface area (Å²) < 4.78 is 10.6. The fourth-order valence-corrected chi connectivity index (χ4v) is 2.63. The number of nitrogens with one attached hydrogen (secondary N) is 1. The Bertz CT molecular complexity index is 993. The molecule has 1 amide bonds. The maximum absolute atomic E-state index is 12.0. The van der Waals surface area contributed by atoms with Gasteiger partial charge in [-0.15, -0.1) is 0 Å². The summed E-state index contributed by atoms with van der Waals surface area (Å²) in [6.07, 6.45) is 0. The second kappa shape index (κ2) is 6.99. The molecule has 0 fully saturated rings. The molecule has 1 N–H and O–H groups in total. The molecule has 0 radical (unpaired) electrons. The van der Waals surface area contributed by atoms with Crippen LogP contribution < -0.4 is 15.7 Å². The predicted molar refractivity (Wildman–Crippen MR) is 97.5 cm³/mol. The summed E-state index contributed by atoms with van der Waals surface area (Å²) in [5, 5.41) is 3.80. The molecule has 0 bridgehead atoms. The first-order chi connectivity index (χ1) is 11.9. The zero-order valence-corrected chi connectivity index (χ0v) is 14.5. The quantitative estimate of drug-likeness (QED) is 0.714. The van der Waals surface area contributed by atoms with Crippen LogP contribution >= 0.6 is 11.6 Å². The number of amides is 1. The number of fused-ring (bicyclic) bond motifs is 1. The lowest BCUT2D eigenvalue weighted by Crippen LogP contribution is -2.20. The second-order valence-electron chi connectivity index (χ2n) is 5.73. The lowest BCUT2D eigenvalue weighted by Gasteiger charge is -2.10. The van der Waals surface area contributed by atoms with Gasteiger partial charge in [-0.1, -0.05) is 29.3 Å². The number of aryl methyl sites for hydroxylation is 2. The molecule has 1 aromatic heterocycles. The van der Waals surface area contributed by atoms with Crippen molar-refractivity contribution in [1.82, 2.24) is 0 Å². The molecule has 3 aromatic rings. The van der Waals surface area contributed by atoms with Gasteiger partial charge in [0.05, 0.1) is 5.02 Å². The molecule has 25 heavy (non-hydrogen) atoms. The third kappa shape index (κ3) is 4.00. The molecule has 0 saturated heterocycles. The summed E-state index contributed by atoms with van der Waals surface area (Å²) in [7, 11) is 0. The largest absolute Gasteiger partial charge is 0.482 e. The topological polar surface area (TPSA) is 68.5 Å². The van der Waals surface area contributed by atoms with Crippen molar-refractivity contribution >= 4 is 34.2 Å². The van der Waals surface area contributed by atoms with E-state index in [2.05, 4.69) is 5.32 Å². The third-order valence-corrected chi connectivity index (χ3v) is 3.99. The van der Waals surface area contributed by atoms with Crippen molar-refractivity contribution in [2.45, 2.75) is 13.8 Å². The van der Waals surface area contributed by atoms with Crippen molar-refractivity contribution in [3.05, 3.63) is 69.0 Å². The van der Waals surface area contributed by atoms with Crippen LogP contribution in [0.25, 0.3) is 11.0 Å². The number of benzene rings is 2. The highest BCUT2D eigenvalue weighted by Crippen LogP contribution is 2.31. The molecule has 128 valence electrons. The Kier molecular flexibility index (Phi) is 4.76. The molecule has 0 unspecified atom stereocenters. The Labute approximate surface area is 149 Å². The Balaban J connectivity index is 1.74. The second-order valence-corrected chi connectivity index (χ2v) is 6.14. The van der Waals surface area contributed by atoms with Crippen molar-refractivity contribution < 1.29 is 13.9 Å². The van der Waals surface area contributed by atoms with E-state index in [0.717, 1.165) is 16.5 Å². The van der Waals surface area contributed by atoms with Crippen LogP contribution in [0.2, 0.25) is 5.02 Å². The van der Waals surface area contributed by atoms with Gasteiger partial charge in [-0.05, 0) is 37.6 Å². The van der Waals surface area contributed by atoms with Gasteiger partial charge in [0, 0.05) is 23.2 Å². The fourth-order valence-electron chi connectivity index (χ4n) is 2.41. The SMILES string of the molecule is Cc1ccc(NC(=O)COc2cc3oc(=O)cc(C)c3cc2Cl)cc1. The smallest absolute Gasteiger partial charge is 0.336 e. The van der Waals surface area contributed by atoms with E-state index >= 15 is 0 Å². The van der Waals surface area contributed by atoms with Crippen LogP contribution in [0.4, 0.5) is 5.69 Å². The molecular weight excluding hydrogens is 342 g/mol. The summed E-state index contributed by atoms with van der Waals surface area (Å²) in [6.45, 7) is 3.55. The van der Waals surface area contributed by atoms with E-state index in [4.69, 9.17) is 20.8 Å². The molecule has 1 heterocycles. The summed E-state index contributed by atoms with van der Waals surface area (Å²) >= 11 is 6.20. The van der Waals surface area contributed by atoms with Crippen molar-refractivity contribution in [2.75, 3.05) is 11.9 Å². The summed E-state index contributed by atoms with van der Waals surface area (Å²) in [6, 6.07) is 12.0. The van der Waals surface area contributed by atoms with E-state index < -0.39 is 5.63 Å². The number of hydrogen-bond acceptors (Lipinski definition) is 4. The molecule has 5 nitrogen and oxygen atoms in total. The van der Waals surface area contributed by atoms with Crippen molar-refractivity contribution in [3.8, 4) is 5.75 Å². The van der Waals surface area contributed by atoms with Gasteiger partial charge in [-0.25, -0.2) is 4.79 Å². The van der Waals surface area contributed by atoms with Gasteiger partial charge in [0.2, 0.25) is 0 Å². The number of ether oxygens (including phenoxy) is 1. The van der Waals surface area contributed by atoms with Gasteiger partial charge in [-0.3, -0.25) is 4.79 Å². The molecule has 0 spiro atoms. The van der Waals surface area contributed by atoms with Gasteiger partial charge in [0.15, 0.2) is 6.61 Å². The van der Waals surface area contributed by atoms with Gasteiger partial charge >= 0.3 is 5.63 Å². The van der Waals surface area contributed by atoms with E-state index in [1.807, 2.05) is 31.2 Å². The minimum Gasteiger partial charge on any atom is -0.482 e. The average Bonchev–Trinajstić information content (AvgIpc) is 2.56. The highest BCUT2D eigenvalue weighted by Gasteiger charge is 2.11. The fraction of sp³-hybridized carbons (Fsp3) is 0.158.